The Balaban J connectivity index is 1.92. The van der Waals surface area contributed by atoms with Crippen LogP contribution in [0.5, 0.6) is 5.75 Å². The van der Waals surface area contributed by atoms with Crippen molar-refractivity contribution in [3.8, 4) is 5.75 Å². The lowest BCUT2D eigenvalue weighted by molar-refractivity contribution is -0.119. The van der Waals surface area contributed by atoms with Crippen molar-refractivity contribution < 1.29 is 9.53 Å². The van der Waals surface area contributed by atoms with Gasteiger partial charge in [-0.1, -0.05) is 19.1 Å². The number of benzene rings is 1. The van der Waals surface area contributed by atoms with Crippen molar-refractivity contribution in [3.63, 3.8) is 0 Å². The molecule has 1 fully saturated rings. The Labute approximate surface area is 163 Å². The lowest BCUT2D eigenvalue weighted by Gasteiger charge is -2.34. The third-order valence-electron chi connectivity index (χ3n) is 5.15. The third kappa shape index (κ3) is 6.77. The van der Waals surface area contributed by atoms with E-state index in [2.05, 4.69) is 36.2 Å². The van der Waals surface area contributed by atoms with Crippen molar-refractivity contribution >= 4 is 11.9 Å². The molecule has 6 heteroatoms. The summed E-state index contributed by atoms with van der Waals surface area (Å²) in [6.45, 7) is 7.75. The van der Waals surface area contributed by atoms with E-state index >= 15 is 0 Å². The molecular formula is C21H34N4O2. The summed E-state index contributed by atoms with van der Waals surface area (Å²) in [4.78, 5) is 18.4. The van der Waals surface area contributed by atoms with Crippen molar-refractivity contribution in [2.45, 2.75) is 45.4 Å². The highest BCUT2D eigenvalue weighted by molar-refractivity contribution is 5.80. The van der Waals surface area contributed by atoms with Gasteiger partial charge in [-0.25, -0.2) is 0 Å². The Hall–Kier alpha value is -2.24. The number of carbonyl (C=O) groups excluding carboxylic acids is 1. The number of methoxy groups -OCH3 is 1. The number of likely N-dealkylation sites (tertiary alicyclic amines) is 1. The van der Waals surface area contributed by atoms with Gasteiger partial charge in [0.25, 0.3) is 0 Å². The minimum Gasteiger partial charge on any atom is -0.497 e. The minimum absolute atomic E-state index is 0.211. The molecule has 1 heterocycles. The maximum Gasteiger partial charge on any atom is 0.217 e. The van der Waals surface area contributed by atoms with Crippen LogP contribution in [0.2, 0.25) is 0 Å². The van der Waals surface area contributed by atoms with Crippen LogP contribution in [0.4, 0.5) is 0 Å². The molecule has 3 N–H and O–H groups in total. The summed E-state index contributed by atoms with van der Waals surface area (Å²) in [5.41, 5.74) is 6.68. The van der Waals surface area contributed by atoms with E-state index in [1.807, 2.05) is 12.1 Å². The van der Waals surface area contributed by atoms with Gasteiger partial charge in [-0.15, -0.1) is 0 Å². The Morgan fingerprint density at radius 3 is 2.78 bits per heavy atom. The number of primary amides is 1. The molecule has 0 saturated carbocycles. The molecule has 2 rings (SSSR count). The number of nitrogens with zero attached hydrogens (tertiary/aromatic N) is 2. The summed E-state index contributed by atoms with van der Waals surface area (Å²) in [7, 11) is 1.68. The fourth-order valence-corrected chi connectivity index (χ4v) is 3.60. The van der Waals surface area contributed by atoms with Gasteiger partial charge in [-0.3, -0.25) is 9.79 Å². The largest absolute Gasteiger partial charge is 0.497 e. The first kappa shape index (κ1) is 21.1. The molecule has 1 aliphatic heterocycles. The number of ether oxygens (including phenoxy) is 1. The topological polar surface area (TPSA) is 80.0 Å². The monoisotopic (exact) mass is 374 g/mol. The first-order valence-corrected chi connectivity index (χ1v) is 9.99. The molecule has 1 saturated heterocycles. The first-order chi connectivity index (χ1) is 13.0. The number of nitrogens with two attached hydrogens (primary N) is 1. The molecular weight excluding hydrogens is 340 g/mol. The summed E-state index contributed by atoms with van der Waals surface area (Å²) >= 11 is 0. The number of nitrogens with one attached hydrogen (secondary N) is 1. The van der Waals surface area contributed by atoms with Crippen LogP contribution in [0, 0.1) is 5.92 Å². The maximum atomic E-state index is 11.2. The standard InChI is InChI=1S/C21H34N4O2/c1-4-23-21(25-13-5-6-17(15-25)14-20(22)26)24-12-11-16(2)18-7-9-19(27-3)10-8-18/h7-10,16-17H,4-6,11-15H2,1-3H3,(H2,22,26)(H,23,24). The fraction of sp³-hybridized carbons (Fsp3) is 0.619. The van der Waals surface area contributed by atoms with E-state index in [4.69, 9.17) is 15.5 Å². The van der Waals surface area contributed by atoms with E-state index in [-0.39, 0.29) is 5.91 Å². The van der Waals surface area contributed by atoms with Gasteiger partial charge in [0.2, 0.25) is 5.91 Å². The summed E-state index contributed by atoms with van der Waals surface area (Å²) in [6.07, 6.45) is 3.59. The lowest BCUT2D eigenvalue weighted by Crippen LogP contribution is -2.47. The van der Waals surface area contributed by atoms with E-state index < -0.39 is 0 Å². The quantitative estimate of drug-likeness (QED) is 0.542. The van der Waals surface area contributed by atoms with Gasteiger partial charge in [0.1, 0.15) is 5.75 Å². The average Bonchev–Trinajstić information content (AvgIpc) is 2.67. The molecule has 0 aliphatic carbocycles. The first-order valence-electron chi connectivity index (χ1n) is 9.99. The molecule has 2 atom stereocenters. The normalized spacial score (nSPS) is 18.9. The Bertz CT molecular complexity index is 615. The van der Waals surface area contributed by atoms with Crippen molar-refractivity contribution in [2.24, 2.45) is 16.6 Å². The zero-order chi connectivity index (χ0) is 19.6. The average molecular weight is 375 g/mol. The van der Waals surface area contributed by atoms with Crippen LogP contribution in [0.15, 0.2) is 29.3 Å². The molecule has 1 aromatic rings. The molecule has 0 spiro atoms. The van der Waals surface area contributed by atoms with Crippen LogP contribution in [-0.4, -0.2) is 50.1 Å². The van der Waals surface area contributed by atoms with Gasteiger partial charge in [-0.05, 0) is 55.7 Å². The second kappa shape index (κ2) is 10.8. The lowest BCUT2D eigenvalue weighted by atomic mass is 9.95. The highest BCUT2D eigenvalue weighted by Crippen LogP contribution is 2.22. The van der Waals surface area contributed by atoms with Gasteiger partial charge in [0.15, 0.2) is 5.96 Å². The van der Waals surface area contributed by atoms with Crippen molar-refractivity contribution in [1.29, 1.82) is 0 Å². The molecule has 1 aromatic carbocycles. The second-order valence-electron chi connectivity index (χ2n) is 7.32. The van der Waals surface area contributed by atoms with Gasteiger partial charge in [0.05, 0.1) is 7.11 Å². The van der Waals surface area contributed by atoms with Crippen LogP contribution < -0.4 is 15.8 Å². The summed E-state index contributed by atoms with van der Waals surface area (Å²) in [6, 6.07) is 8.26. The molecule has 150 valence electrons. The SMILES string of the molecule is CCNC(=NCCC(C)c1ccc(OC)cc1)N1CCCC(CC(N)=O)C1. The molecule has 2 unspecified atom stereocenters. The maximum absolute atomic E-state index is 11.2. The van der Waals surface area contributed by atoms with Crippen LogP contribution in [0.1, 0.15) is 51.0 Å². The number of guanidine groups is 1. The number of rotatable bonds is 8. The Morgan fingerprint density at radius 2 is 2.15 bits per heavy atom. The molecule has 0 bridgehead atoms. The van der Waals surface area contributed by atoms with Crippen LogP contribution in [0.3, 0.4) is 0 Å². The highest BCUT2D eigenvalue weighted by Gasteiger charge is 2.23. The van der Waals surface area contributed by atoms with E-state index in [1.165, 1.54) is 5.56 Å². The van der Waals surface area contributed by atoms with Gasteiger partial charge in [0, 0.05) is 32.6 Å². The van der Waals surface area contributed by atoms with E-state index in [0.717, 1.165) is 57.2 Å². The summed E-state index contributed by atoms with van der Waals surface area (Å²) < 4.78 is 5.22. The van der Waals surface area contributed by atoms with Crippen molar-refractivity contribution in [2.75, 3.05) is 33.3 Å². The molecule has 0 radical (unpaired) electrons. The predicted molar refractivity (Wildman–Crippen MR) is 110 cm³/mol. The van der Waals surface area contributed by atoms with Crippen molar-refractivity contribution in [1.82, 2.24) is 10.2 Å². The molecule has 27 heavy (non-hydrogen) atoms. The van der Waals surface area contributed by atoms with Gasteiger partial charge < -0.3 is 20.7 Å². The zero-order valence-electron chi connectivity index (χ0n) is 16.9. The molecule has 6 nitrogen and oxygen atoms in total. The third-order valence-corrected chi connectivity index (χ3v) is 5.15. The van der Waals surface area contributed by atoms with Crippen LogP contribution in [-0.2, 0) is 4.79 Å². The smallest absolute Gasteiger partial charge is 0.217 e. The number of hydrogen-bond acceptors (Lipinski definition) is 3. The van der Waals surface area contributed by atoms with Crippen LogP contribution in [0.25, 0.3) is 0 Å². The minimum atomic E-state index is -0.211. The highest BCUT2D eigenvalue weighted by atomic mass is 16.5. The van der Waals surface area contributed by atoms with Gasteiger partial charge >= 0.3 is 0 Å². The number of amides is 1. The van der Waals surface area contributed by atoms with E-state index in [0.29, 0.717) is 18.3 Å². The van der Waals surface area contributed by atoms with Crippen LogP contribution >= 0.6 is 0 Å². The second-order valence-corrected chi connectivity index (χ2v) is 7.32. The Morgan fingerprint density at radius 1 is 1.41 bits per heavy atom. The number of hydrogen-bond donors (Lipinski definition) is 2. The number of carbonyl (C=O) groups is 1. The summed E-state index contributed by atoms with van der Waals surface area (Å²) in [5.74, 6) is 2.39. The summed E-state index contributed by atoms with van der Waals surface area (Å²) in [5, 5.41) is 3.40. The molecule has 0 aromatic heterocycles. The predicted octanol–water partition coefficient (Wildman–Crippen LogP) is 2.74. The number of aliphatic imine (C=N–C) groups is 1. The van der Waals surface area contributed by atoms with E-state index in [1.54, 1.807) is 7.11 Å². The Kier molecular flexibility index (Phi) is 8.43. The molecule has 1 amide bonds. The molecule has 1 aliphatic rings. The zero-order valence-corrected chi connectivity index (χ0v) is 16.9. The van der Waals surface area contributed by atoms with Gasteiger partial charge in [-0.2, -0.15) is 0 Å². The fourth-order valence-electron chi connectivity index (χ4n) is 3.60. The number of piperidine rings is 1. The van der Waals surface area contributed by atoms with E-state index in [9.17, 15) is 4.79 Å². The van der Waals surface area contributed by atoms with Crippen molar-refractivity contribution in [3.05, 3.63) is 29.8 Å².